The molecule has 5 nitrogen and oxygen atoms in total. The number of likely N-dealkylation sites (tertiary alicyclic amines) is 1. The third-order valence-corrected chi connectivity index (χ3v) is 4.72. The lowest BCUT2D eigenvalue weighted by Crippen LogP contribution is -2.49. The van der Waals surface area contributed by atoms with Crippen LogP contribution in [-0.2, 0) is 14.3 Å². The molecule has 1 atom stereocenters. The summed E-state index contributed by atoms with van der Waals surface area (Å²) >= 11 is 0. The number of rotatable bonds is 4. The number of carboxylic acid groups (broad SMARTS) is 1. The van der Waals surface area contributed by atoms with Crippen LogP contribution in [0, 0.1) is 11.3 Å². The Morgan fingerprint density at radius 2 is 2.05 bits per heavy atom. The summed E-state index contributed by atoms with van der Waals surface area (Å²) in [5.41, 5.74) is -0.616. The van der Waals surface area contributed by atoms with Gasteiger partial charge in [-0.25, -0.2) is 0 Å². The SMILES string of the molecule is CCCC1(C(=O)O)CCN(C(=O)C2CCCOC2)CC1. The predicted octanol–water partition coefficient (Wildman–Crippen LogP) is 1.91. The summed E-state index contributed by atoms with van der Waals surface area (Å²) in [5.74, 6) is -0.570. The number of carboxylic acids is 1. The summed E-state index contributed by atoms with van der Waals surface area (Å²) in [4.78, 5) is 25.8. The number of amides is 1. The Balaban J connectivity index is 1.92. The highest BCUT2D eigenvalue weighted by Gasteiger charge is 2.42. The van der Waals surface area contributed by atoms with Crippen LogP contribution < -0.4 is 0 Å². The number of piperidine rings is 1. The van der Waals surface area contributed by atoms with E-state index in [9.17, 15) is 14.7 Å². The van der Waals surface area contributed by atoms with Crippen LogP contribution in [0.5, 0.6) is 0 Å². The summed E-state index contributed by atoms with van der Waals surface area (Å²) in [5, 5.41) is 9.47. The molecule has 1 amide bonds. The zero-order chi connectivity index (χ0) is 14.6. The number of ether oxygens (including phenoxy) is 1. The second kappa shape index (κ2) is 6.57. The molecule has 2 heterocycles. The Hall–Kier alpha value is -1.10. The molecule has 20 heavy (non-hydrogen) atoms. The first kappa shape index (κ1) is 15.3. The number of carbonyl (C=O) groups is 2. The minimum Gasteiger partial charge on any atom is -0.481 e. The summed E-state index contributed by atoms with van der Waals surface area (Å²) in [6, 6.07) is 0. The fraction of sp³-hybridized carbons (Fsp3) is 0.867. The molecule has 5 heteroatoms. The zero-order valence-corrected chi connectivity index (χ0v) is 12.3. The van der Waals surface area contributed by atoms with E-state index in [1.54, 1.807) is 0 Å². The van der Waals surface area contributed by atoms with Gasteiger partial charge in [0.15, 0.2) is 0 Å². The average Bonchev–Trinajstić information content (AvgIpc) is 2.48. The average molecular weight is 283 g/mol. The molecule has 0 aromatic heterocycles. The van der Waals surface area contributed by atoms with Crippen LogP contribution in [0.2, 0.25) is 0 Å². The van der Waals surface area contributed by atoms with Crippen molar-refractivity contribution in [1.29, 1.82) is 0 Å². The van der Waals surface area contributed by atoms with Gasteiger partial charge < -0.3 is 14.7 Å². The molecular formula is C15H25NO4. The molecule has 2 aliphatic heterocycles. The molecule has 0 aromatic rings. The van der Waals surface area contributed by atoms with E-state index in [0.717, 1.165) is 25.9 Å². The van der Waals surface area contributed by atoms with Gasteiger partial charge in [-0.05, 0) is 32.1 Å². The van der Waals surface area contributed by atoms with Gasteiger partial charge in [-0.15, -0.1) is 0 Å². The largest absolute Gasteiger partial charge is 0.481 e. The van der Waals surface area contributed by atoms with Crippen molar-refractivity contribution in [3.63, 3.8) is 0 Å². The maximum atomic E-state index is 12.4. The highest BCUT2D eigenvalue weighted by Crippen LogP contribution is 2.37. The standard InChI is InChI=1S/C15H25NO4/c1-2-5-15(14(18)19)6-8-16(9-7-15)13(17)12-4-3-10-20-11-12/h12H,2-11H2,1H3,(H,18,19). The lowest BCUT2D eigenvalue weighted by atomic mass is 9.75. The van der Waals surface area contributed by atoms with E-state index in [1.165, 1.54) is 0 Å². The van der Waals surface area contributed by atoms with Gasteiger partial charge in [-0.1, -0.05) is 13.3 Å². The van der Waals surface area contributed by atoms with E-state index in [4.69, 9.17) is 4.74 Å². The molecule has 2 aliphatic rings. The van der Waals surface area contributed by atoms with Crippen LogP contribution in [0.15, 0.2) is 0 Å². The Labute approximate surface area is 120 Å². The molecule has 2 saturated heterocycles. The summed E-state index contributed by atoms with van der Waals surface area (Å²) in [7, 11) is 0. The van der Waals surface area contributed by atoms with E-state index in [1.807, 2.05) is 11.8 Å². The number of nitrogens with zero attached hydrogens (tertiary/aromatic N) is 1. The highest BCUT2D eigenvalue weighted by atomic mass is 16.5. The van der Waals surface area contributed by atoms with Crippen molar-refractivity contribution >= 4 is 11.9 Å². The third-order valence-electron chi connectivity index (χ3n) is 4.72. The molecule has 2 rings (SSSR count). The first-order chi connectivity index (χ1) is 9.59. The van der Waals surface area contributed by atoms with Gasteiger partial charge in [-0.2, -0.15) is 0 Å². The van der Waals surface area contributed by atoms with Crippen LogP contribution in [-0.4, -0.2) is 48.2 Å². The Morgan fingerprint density at radius 1 is 1.35 bits per heavy atom. The van der Waals surface area contributed by atoms with Crippen LogP contribution in [0.25, 0.3) is 0 Å². The number of carbonyl (C=O) groups excluding carboxylic acids is 1. The van der Waals surface area contributed by atoms with Crippen molar-refractivity contribution in [2.24, 2.45) is 11.3 Å². The van der Waals surface area contributed by atoms with Crippen molar-refractivity contribution in [3.8, 4) is 0 Å². The summed E-state index contributed by atoms with van der Waals surface area (Å²) in [6.07, 6.45) is 4.58. The first-order valence-corrected chi connectivity index (χ1v) is 7.69. The first-order valence-electron chi connectivity index (χ1n) is 7.69. The van der Waals surface area contributed by atoms with Gasteiger partial charge in [0.25, 0.3) is 0 Å². The van der Waals surface area contributed by atoms with Crippen LogP contribution in [0.4, 0.5) is 0 Å². The minimum atomic E-state index is -0.701. The Morgan fingerprint density at radius 3 is 2.55 bits per heavy atom. The van der Waals surface area contributed by atoms with Gasteiger partial charge in [-0.3, -0.25) is 9.59 Å². The van der Waals surface area contributed by atoms with Gasteiger partial charge in [0.2, 0.25) is 5.91 Å². The lowest BCUT2D eigenvalue weighted by molar-refractivity contribution is -0.156. The second-order valence-corrected chi connectivity index (χ2v) is 6.07. The molecule has 0 aliphatic carbocycles. The maximum Gasteiger partial charge on any atom is 0.309 e. The van der Waals surface area contributed by atoms with Gasteiger partial charge in [0, 0.05) is 19.7 Å². The molecule has 2 fully saturated rings. The van der Waals surface area contributed by atoms with Crippen molar-refractivity contribution in [2.45, 2.75) is 45.4 Å². The zero-order valence-electron chi connectivity index (χ0n) is 12.3. The molecule has 0 radical (unpaired) electrons. The molecule has 0 spiro atoms. The second-order valence-electron chi connectivity index (χ2n) is 6.07. The van der Waals surface area contributed by atoms with E-state index in [-0.39, 0.29) is 11.8 Å². The molecule has 0 bridgehead atoms. The van der Waals surface area contributed by atoms with Crippen LogP contribution in [0.1, 0.15) is 45.4 Å². The molecule has 0 aromatic carbocycles. The Kier molecular flexibility index (Phi) is 5.02. The maximum absolute atomic E-state index is 12.4. The molecule has 0 saturated carbocycles. The fourth-order valence-corrected chi connectivity index (χ4v) is 3.40. The summed E-state index contributed by atoms with van der Waals surface area (Å²) < 4.78 is 5.37. The number of aliphatic carboxylic acids is 1. The van der Waals surface area contributed by atoms with E-state index in [2.05, 4.69) is 0 Å². The number of hydrogen-bond donors (Lipinski definition) is 1. The normalized spacial score (nSPS) is 26.2. The van der Waals surface area contributed by atoms with Gasteiger partial charge >= 0.3 is 5.97 Å². The monoisotopic (exact) mass is 283 g/mol. The number of hydrogen-bond acceptors (Lipinski definition) is 3. The van der Waals surface area contributed by atoms with E-state index in [0.29, 0.717) is 39.0 Å². The quantitative estimate of drug-likeness (QED) is 0.856. The highest BCUT2D eigenvalue weighted by molar-refractivity contribution is 5.80. The predicted molar refractivity (Wildman–Crippen MR) is 74.3 cm³/mol. The molecular weight excluding hydrogens is 258 g/mol. The molecule has 1 N–H and O–H groups in total. The van der Waals surface area contributed by atoms with Gasteiger partial charge in [0.1, 0.15) is 0 Å². The molecule has 1 unspecified atom stereocenters. The van der Waals surface area contributed by atoms with Crippen molar-refractivity contribution in [2.75, 3.05) is 26.3 Å². The minimum absolute atomic E-state index is 0.0211. The lowest BCUT2D eigenvalue weighted by Gasteiger charge is -2.40. The topological polar surface area (TPSA) is 66.8 Å². The van der Waals surface area contributed by atoms with Crippen LogP contribution >= 0.6 is 0 Å². The van der Waals surface area contributed by atoms with Crippen LogP contribution in [0.3, 0.4) is 0 Å². The fourth-order valence-electron chi connectivity index (χ4n) is 3.40. The smallest absolute Gasteiger partial charge is 0.309 e. The van der Waals surface area contributed by atoms with Crippen molar-refractivity contribution < 1.29 is 19.4 Å². The van der Waals surface area contributed by atoms with Crippen molar-refractivity contribution in [1.82, 2.24) is 4.90 Å². The Bertz CT molecular complexity index is 355. The summed E-state index contributed by atoms with van der Waals surface area (Å²) in [6.45, 7) is 4.43. The van der Waals surface area contributed by atoms with E-state index >= 15 is 0 Å². The van der Waals surface area contributed by atoms with Crippen molar-refractivity contribution in [3.05, 3.63) is 0 Å². The third kappa shape index (κ3) is 3.14. The van der Waals surface area contributed by atoms with Gasteiger partial charge in [0.05, 0.1) is 17.9 Å². The molecule has 114 valence electrons. The van der Waals surface area contributed by atoms with E-state index < -0.39 is 11.4 Å².